The van der Waals surface area contributed by atoms with Crippen LogP contribution in [-0.4, -0.2) is 31.6 Å². The van der Waals surface area contributed by atoms with Gasteiger partial charge >= 0.3 is 0 Å². The van der Waals surface area contributed by atoms with Gasteiger partial charge in [0.1, 0.15) is 17.3 Å². The van der Waals surface area contributed by atoms with Crippen molar-refractivity contribution in [2.24, 2.45) is 0 Å². The number of carbonyl (C=O) groups is 1. The number of aryl methyl sites for hydroxylation is 1. The third-order valence-electron chi connectivity index (χ3n) is 6.41. The van der Waals surface area contributed by atoms with E-state index in [0.29, 0.717) is 22.3 Å². The SMILES string of the molecule is Cc1ccc(C(=O)NC2CC2)cc1-c1cc(S(C)(=O)=O)nc2c1C=C[NH+]([O-])C2c1c(F)cccc1F. The number of amides is 1. The molecular weight excluding hydrogens is 488 g/mol. The maximum atomic E-state index is 14.8. The zero-order valence-electron chi connectivity index (χ0n) is 19.5. The number of sulfone groups is 1. The van der Waals surface area contributed by atoms with E-state index in [1.54, 1.807) is 25.1 Å². The summed E-state index contributed by atoms with van der Waals surface area (Å²) in [5.41, 5.74) is 1.88. The molecule has 2 unspecified atom stereocenters. The van der Waals surface area contributed by atoms with Gasteiger partial charge in [-0.1, -0.05) is 12.1 Å². The predicted octanol–water partition coefficient (Wildman–Crippen LogP) is 3.09. The zero-order valence-corrected chi connectivity index (χ0v) is 20.3. The highest BCUT2D eigenvalue weighted by Crippen LogP contribution is 2.37. The molecule has 36 heavy (non-hydrogen) atoms. The lowest BCUT2D eigenvalue weighted by atomic mass is 9.89. The molecule has 2 aliphatic rings. The maximum Gasteiger partial charge on any atom is 0.251 e. The summed E-state index contributed by atoms with van der Waals surface area (Å²) < 4.78 is 54.7. The Balaban J connectivity index is 1.76. The van der Waals surface area contributed by atoms with Crippen LogP contribution >= 0.6 is 0 Å². The molecule has 5 rings (SSSR count). The van der Waals surface area contributed by atoms with Crippen molar-refractivity contribution in [1.82, 2.24) is 10.3 Å². The molecule has 10 heteroatoms. The van der Waals surface area contributed by atoms with E-state index in [1.807, 2.05) is 0 Å². The fourth-order valence-corrected chi connectivity index (χ4v) is 4.97. The van der Waals surface area contributed by atoms with Crippen molar-refractivity contribution < 1.29 is 27.1 Å². The smallest absolute Gasteiger partial charge is 0.251 e. The molecule has 2 atom stereocenters. The molecule has 3 aromatic rings. The van der Waals surface area contributed by atoms with Crippen molar-refractivity contribution >= 4 is 21.8 Å². The van der Waals surface area contributed by atoms with Gasteiger partial charge in [0.15, 0.2) is 20.9 Å². The van der Waals surface area contributed by atoms with Crippen LogP contribution in [0.4, 0.5) is 8.78 Å². The number of hydroxylamine groups is 2. The van der Waals surface area contributed by atoms with Crippen molar-refractivity contribution in [2.45, 2.75) is 36.9 Å². The number of nitrogens with zero attached hydrogens (tertiary/aromatic N) is 1. The molecule has 2 N–H and O–H groups in total. The van der Waals surface area contributed by atoms with Gasteiger partial charge in [-0.3, -0.25) is 4.79 Å². The number of hydrogen-bond acceptors (Lipinski definition) is 5. The van der Waals surface area contributed by atoms with Crippen LogP contribution in [0.3, 0.4) is 0 Å². The number of hydrogen-bond donors (Lipinski definition) is 2. The zero-order chi connectivity index (χ0) is 25.8. The lowest BCUT2D eigenvalue weighted by Gasteiger charge is -2.33. The Morgan fingerprint density at radius 1 is 1.11 bits per heavy atom. The third kappa shape index (κ3) is 4.43. The number of quaternary nitrogens is 1. The van der Waals surface area contributed by atoms with E-state index in [2.05, 4.69) is 10.3 Å². The molecule has 0 saturated heterocycles. The predicted molar refractivity (Wildman–Crippen MR) is 130 cm³/mol. The van der Waals surface area contributed by atoms with Gasteiger partial charge in [-0.15, -0.1) is 0 Å². The average Bonchev–Trinajstić information content (AvgIpc) is 3.63. The van der Waals surface area contributed by atoms with Crippen LogP contribution in [0, 0.1) is 23.8 Å². The summed E-state index contributed by atoms with van der Waals surface area (Å²) in [4.78, 5) is 16.9. The summed E-state index contributed by atoms with van der Waals surface area (Å²) in [5, 5.41) is 14.9. The minimum absolute atomic E-state index is 0.0586. The molecule has 186 valence electrons. The molecule has 7 nitrogen and oxygen atoms in total. The summed E-state index contributed by atoms with van der Waals surface area (Å²) in [6.07, 6.45) is 5.50. The van der Waals surface area contributed by atoms with Crippen molar-refractivity contribution in [3.05, 3.63) is 93.5 Å². The van der Waals surface area contributed by atoms with E-state index in [-0.39, 0.29) is 22.7 Å². The first-order valence-electron chi connectivity index (χ1n) is 11.4. The fourth-order valence-electron chi connectivity index (χ4n) is 4.37. The molecule has 1 fully saturated rings. The molecule has 1 amide bonds. The van der Waals surface area contributed by atoms with Gasteiger partial charge < -0.3 is 15.6 Å². The normalized spacial score (nSPS) is 19.1. The molecule has 0 radical (unpaired) electrons. The number of aromatic nitrogens is 1. The summed E-state index contributed by atoms with van der Waals surface area (Å²) in [7, 11) is -3.87. The lowest BCUT2D eigenvalue weighted by Crippen LogP contribution is -3.03. The number of fused-ring (bicyclic) bond motifs is 1. The first kappa shape index (κ1) is 24.2. The van der Waals surface area contributed by atoms with Gasteiger partial charge in [-0.05, 0) is 66.8 Å². The number of nitrogens with one attached hydrogen (secondary N) is 2. The molecule has 1 aliphatic heterocycles. The Labute approximate surface area is 207 Å². The van der Waals surface area contributed by atoms with E-state index >= 15 is 0 Å². The van der Waals surface area contributed by atoms with Crippen LogP contribution in [-0.2, 0) is 9.84 Å². The van der Waals surface area contributed by atoms with Gasteiger partial charge in [0.05, 0.1) is 11.8 Å². The van der Waals surface area contributed by atoms with Crippen LogP contribution in [0.15, 0.2) is 53.7 Å². The Morgan fingerprint density at radius 2 is 1.81 bits per heavy atom. The Bertz CT molecular complexity index is 1510. The molecule has 2 aromatic carbocycles. The van der Waals surface area contributed by atoms with Crippen LogP contribution in [0.2, 0.25) is 0 Å². The summed E-state index contributed by atoms with van der Waals surface area (Å²) >= 11 is 0. The van der Waals surface area contributed by atoms with Crippen LogP contribution < -0.4 is 10.4 Å². The summed E-state index contributed by atoms with van der Waals surface area (Å²) in [5.74, 6) is -2.11. The van der Waals surface area contributed by atoms with E-state index < -0.39 is 38.1 Å². The van der Waals surface area contributed by atoms with Gasteiger partial charge in [0, 0.05) is 29.5 Å². The highest BCUT2D eigenvalue weighted by Gasteiger charge is 2.35. The Hall–Kier alpha value is -3.47. The highest BCUT2D eigenvalue weighted by atomic mass is 32.2. The summed E-state index contributed by atoms with van der Waals surface area (Å²) in [6.45, 7) is 1.80. The van der Waals surface area contributed by atoms with Gasteiger partial charge in [-0.2, -0.15) is 0 Å². The van der Waals surface area contributed by atoms with E-state index in [4.69, 9.17) is 0 Å². The first-order valence-corrected chi connectivity index (χ1v) is 13.3. The average molecular weight is 512 g/mol. The minimum Gasteiger partial charge on any atom is -0.629 e. The molecule has 0 spiro atoms. The third-order valence-corrected chi connectivity index (χ3v) is 7.38. The topological polar surface area (TPSA) is 104 Å². The molecule has 1 aliphatic carbocycles. The van der Waals surface area contributed by atoms with E-state index in [0.717, 1.165) is 36.8 Å². The van der Waals surface area contributed by atoms with Crippen molar-refractivity contribution in [1.29, 1.82) is 0 Å². The molecule has 1 saturated carbocycles. The van der Waals surface area contributed by atoms with Crippen LogP contribution in [0.5, 0.6) is 0 Å². The molecule has 1 aromatic heterocycles. The van der Waals surface area contributed by atoms with Gasteiger partial charge in [0.25, 0.3) is 5.91 Å². The van der Waals surface area contributed by atoms with Gasteiger partial charge in [0.2, 0.25) is 0 Å². The standard InChI is InChI=1S/C26H23F2N3O4S/c1-14-6-7-15(26(32)29-16-8-9-16)12-18(14)19-13-22(36(2,34)35)30-24-17(19)10-11-31(33)25(24)23-20(27)4-3-5-21(23)28/h3-7,10-13,16,25,31H,8-9H2,1-2H3,(H,29,32). The van der Waals surface area contributed by atoms with Gasteiger partial charge in [-0.25, -0.2) is 22.2 Å². The molecule has 2 heterocycles. The number of benzene rings is 2. The van der Waals surface area contributed by atoms with Crippen LogP contribution in [0.1, 0.15) is 51.6 Å². The highest BCUT2D eigenvalue weighted by molar-refractivity contribution is 7.90. The minimum atomic E-state index is -3.87. The number of rotatable bonds is 5. The maximum absolute atomic E-state index is 14.8. The second kappa shape index (κ2) is 8.88. The van der Waals surface area contributed by atoms with Crippen molar-refractivity contribution in [3.8, 4) is 11.1 Å². The fraction of sp³-hybridized carbons (Fsp3) is 0.231. The largest absolute Gasteiger partial charge is 0.629 e. The second-order valence-corrected chi connectivity index (χ2v) is 11.1. The van der Waals surface area contributed by atoms with E-state index in [1.165, 1.54) is 24.4 Å². The van der Waals surface area contributed by atoms with Crippen molar-refractivity contribution in [3.63, 3.8) is 0 Å². The van der Waals surface area contributed by atoms with E-state index in [9.17, 15) is 27.2 Å². The molecule has 0 bridgehead atoms. The lowest BCUT2D eigenvalue weighted by molar-refractivity contribution is -0.821. The van der Waals surface area contributed by atoms with Crippen molar-refractivity contribution in [2.75, 3.05) is 6.26 Å². The first-order chi connectivity index (χ1) is 17.0. The van der Waals surface area contributed by atoms with Crippen LogP contribution in [0.25, 0.3) is 17.2 Å². The quantitative estimate of drug-likeness (QED) is 0.513. The second-order valence-electron chi connectivity index (χ2n) is 9.16. The number of halogens is 2. The Kier molecular flexibility index (Phi) is 5.98. The number of pyridine rings is 1. The number of carbonyl (C=O) groups excluding carboxylic acids is 1. The Morgan fingerprint density at radius 3 is 2.44 bits per heavy atom. The molecular formula is C26H23F2N3O4S. The monoisotopic (exact) mass is 511 g/mol. The summed E-state index contributed by atoms with van der Waals surface area (Å²) in [6, 6.07) is 8.39.